The third-order valence-electron chi connectivity index (χ3n) is 1.95. The minimum Gasteiger partial charge on any atom is -0.256 e. The normalized spacial score (nSPS) is 16.5. The zero-order chi connectivity index (χ0) is 7.52. The molecular weight excluding hydrogens is 134 g/mol. The van der Waals surface area contributed by atoms with Gasteiger partial charge in [0.05, 0.1) is 5.69 Å². The lowest BCUT2D eigenvalue weighted by Crippen LogP contribution is -1.84. The van der Waals surface area contributed by atoms with E-state index in [4.69, 9.17) is 0 Å². The zero-order valence-electron chi connectivity index (χ0n) is 6.38. The Kier molecular flexibility index (Phi) is 1.72. The molecule has 1 heterocycles. The smallest absolute Gasteiger partial charge is 0.0737 e. The van der Waals surface area contributed by atoms with Crippen molar-refractivity contribution in [2.75, 3.05) is 0 Å². The molecule has 0 aromatic carbocycles. The van der Waals surface area contributed by atoms with Gasteiger partial charge in [0.15, 0.2) is 0 Å². The first-order valence-electron chi connectivity index (χ1n) is 3.99. The third kappa shape index (κ3) is 1.32. The fourth-order valence-corrected chi connectivity index (χ4v) is 1.39. The number of rotatable bonds is 1. The van der Waals surface area contributed by atoms with Crippen molar-refractivity contribution in [1.29, 1.82) is 0 Å². The molecule has 55 valence electrons. The molecule has 0 fully saturated rings. The first-order chi connectivity index (χ1) is 5.47. The SMILES string of the molecule is [c]1cccnc1C1=CCCC1. The summed E-state index contributed by atoms with van der Waals surface area (Å²) < 4.78 is 0. The number of nitrogens with zero attached hydrogens (tertiary/aromatic N) is 1. The van der Waals surface area contributed by atoms with Crippen LogP contribution >= 0.6 is 0 Å². The molecule has 1 aliphatic rings. The van der Waals surface area contributed by atoms with Crippen molar-refractivity contribution in [2.24, 2.45) is 0 Å². The highest BCUT2D eigenvalue weighted by Gasteiger charge is 2.06. The van der Waals surface area contributed by atoms with Crippen LogP contribution in [0.1, 0.15) is 25.0 Å². The molecule has 0 saturated carbocycles. The minimum atomic E-state index is 1.03. The number of hydrogen-bond donors (Lipinski definition) is 0. The zero-order valence-corrected chi connectivity index (χ0v) is 6.38. The standard InChI is InChI=1S/C10H10N/c1-2-6-9(5-1)10-7-3-4-8-11-10/h3-5,8H,1-2,6H2. The van der Waals surface area contributed by atoms with Crippen LogP contribution in [-0.2, 0) is 0 Å². The molecule has 1 radical (unpaired) electrons. The Labute approximate surface area is 66.8 Å². The number of aromatic nitrogens is 1. The van der Waals surface area contributed by atoms with E-state index >= 15 is 0 Å². The van der Waals surface area contributed by atoms with Crippen LogP contribution in [0.5, 0.6) is 0 Å². The van der Waals surface area contributed by atoms with Gasteiger partial charge in [-0.1, -0.05) is 12.1 Å². The highest BCUT2D eigenvalue weighted by atomic mass is 14.7. The summed E-state index contributed by atoms with van der Waals surface area (Å²) in [7, 11) is 0. The Hall–Kier alpha value is -1.11. The van der Waals surface area contributed by atoms with Gasteiger partial charge in [0.2, 0.25) is 0 Å². The highest BCUT2D eigenvalue weighted by Crippen LogP contribution is 2.25. The maximum absolute atomic E-state index is 4.24. The summed E-state index contributed by atoms with van der Waals surface area (Å²) in [6, 6.07) is 6.95. The summed E-state index contributed by atoms with van der Waals surface area (Å²) in [4.78, 5) is 4.24. The predicted octanol–water partition coefficient (Wildman–Crippen LogP) is 2.45. The van der Waals surface area contributed by atoms with Crippen LogP contribution in [0, 0.1) is 6.07 Å². The Morgan fingerprint density at radius 3 is 3.09 bits per heavy atom. The van der Waals surface area contributed by atoms with Crippen molar-refractivity contribution in [3.05, 3.63) is 36.2 Å². The molecular formula is C10H10N. The molecule has 0 aliphatic heterocycles. The van der Waals surface area contributed by atoms with Gasteiger partial charge in [0, 0.05) is 12.3 Å². The van der Waals surface area contributed by atoms with E-state index in [-0.39, 0.29) is 0 Å². The Morgan fingerprint density at radius 1 is 1.45 bits per heavy atom. The monoisotopic (exact) mass is 144 g/mol. The molecule has 0 bridgehead atoms. The van der Waals surface area contributed by atoms with Crippen LogP contribution in [0.4, 0.5) is 0 Å². The van der Waals surface area contributed by atoms with Crippen LogP contribution < -0.4 is 0 Å². The summed E-state index contributed by atoms with van der Waals surface area (Å²) in [5, 5.41) is 0. The lowest BCUT2D eigenvalue weighted by atomic mass is 10.1. The van der Waals surface area contributed by atoms with E-state index in [1.807, 2.05) is 18.3 Å². The van der Waals surface area contributed by atoms with E-state index in [2.05, 4.69) is 17.1 Å². The summed E-state index contributed by atoms with van der Waals surface area (Å²) >= 11 is 0. The van der Waals surface area contributed by atoms with E-state index in [0.29, 0.717) is 0 Å². The summed E-state index contributed by atoms with van der Waals surface area (Å²) in [6.07, 6.45) is 7.75. The molecule has 0 saturated heterocycles. The van der Waals surface area contributed by atoms with Crippen molar-refractivity contribution in [3.8, 4) is 0 Å². The van der Waals surface area contributed by atoms with Crippen molar-refractivity contribution < 1.29 is 0 Å². The van der Waals surface area contributed by atoms with Gasteiger partial charge in [-0.05, 0) is 30.9 Å². The quantitative estimate of drug-likeness (QED) is 0.590. The maximum atomic E-state index is 4.24. The first-order valence-corrected chi connectivity index (χ1v) is 3.99. The lowest BCUT2D eigenvalue weighted by molar-refractivity contribution is 0.932. The van der Waals surface area contributed by atoms with Gasteiger partial charge >= 0.3 is 0 Å². The Bertz CT molecular complexity index is 261. The second-order valence-electron chi connectivity index (χ2n) is 2.75. The average molecular weight is 144 g/mol. The molecule has 0 spiro atoms. The van der Waals surface area contributed by atoms with Crippen LogP contribution in [0.25, 0.3) is 5.57 Å². The largest absolute Gasteiger partial charge is 0.256 e. The topological polar surface area (TPSA) is 12.9 Å². The predicted molar refractivity (Wildman–Crippen MR) is 44.9 cm³/mol. The molecule has 1 aliphatic carbocycles. The molecule has 1 aromatic heterocycles. The van der Waals surface area contributed by atoms with Crippen molar-refractivity contribution >= 4 is 5.57 Å². The van der Waals surface area contributed by atoms with E-state index < -0.39 is 0 Å². The van der Waals surface area contributed by atoms with Gasteiger partial charge in [-0.15, -0.1) is 0 Å². The van der Waals surface area contributed by atoms with Gasteiger partial charge in [-0.25, -0.2) is 0 Å². The minimum absolute atomic E-state index is 1.03. The second kappa shape index (κ2) is 2.87. The third-order valence-corrected chi connectivity index (χ3v) is 1.95. The van der Waals surface area contributed by atoms with E-state index in [0.717, 1.165) is 5.69 Å². The number of allylic oxidation sites excluding steroid dienone is 2. The first kappa shape index (κ1) is 6.59. The Balaban J connectivity index is 2.29. The Morgan fingerprint density at radius 2 is 2.45 bits per heavy atom. The molecule has 1 nitrogen and oxygen atoms in total. The van der Waals surface area contributed by atoms with Crippen LogP contribution in [0.2, 0.25) is 0 Å². The molecule has 0 N–H and O–H groups in total. The fraction of sp³-hybridized carbons (Fsp3) is 0.300. The lowest BCUT2D eigenvalue weighted by Gasteiger charge is -1.97. The molecule has 1 aromatic rings. The van der Waals surface area contributed by atoms with Crippen molar-refractivity contribution in [1.82, 2.24) is 4.98 Å². The summed E-state index contributed by atoms with van der Waals surface area (Å²) in [5.41, 5.74) is 2.40. The second-order valence-corrected chi connectivity index (χ2v) is 2.75. The van der Waals surface area contributed by atoms with Crippen LogP contribution in [0.15, 0.2) is 24.4 Å². The summed E-state index contributed by atoms with van der Waals surface area (Å²) in [6.45, 7) is 0. The molecule has 1 heteroatoms. The van der Waals surface area contributed by atoms with E-state index in [1.54, 1.807) is 0 Å². The molecule has 0 amide bonds. The van der Waals surface area contributed by atoms with Gasteiger partial charge in [0.25, 0.3) is 0 Å². The van der Waals surface area contributed by atoms with E-state index in [9.17, 15) is 0 Å². The average Bonchev–Trinajstić information content (AvgIpc) is 2.58. The van der Waals surface area contributed by atoms with Crippen molar-refractivity contribution in [3.63, 3.8) is 0 Å². The van der Waals surface area contributed by atoms with Gasteiger partial charge in [-0.2, -0.15) is 0 Å². The number of hydrogen-bond acceptors (Lipinski definition) is 1. The van der Waals surface area contributed by atoms with Crippen LogP contribution in [-0.4, -0.2) is 4.98 Å². The number of pyridine rings is 1. The maximum Gasteiger partial charge on any atom is 0.0737 e. The van der Waals surface area contributed by atoms with Gasteiger partial charge < -0.3 is 0 Å². The van der Waals surface area contributed by atoms with Gasteiger partial charge in [0.1, 0.15) is 0 Å². The molecule has 11 heavy (non-hydrogen) atoms. The highest BCUT2D eigenvalue weighted by molar-refractivity contribution is 5.63. The van der Waals surface area contributed by atoms with Gasteiger partial charge in [-0.3, -0.25) is 4.98 Å². The van der Waals surface area contributed by atoms with E-state index in [1.165, 1.54) is 24.8 Å². The molecule has 0 unspecified atom stereocenters. The fourth-order valence-electron chi connectivity index (χ4n) is 1.39. The molecule has 0 atom stereocenters. The van der Waals surface area contributed by atoms with Crippen molar-refractivity contribution in [2.45, 2.75) is 19.3 Å². The molecule has 2 rings (SSSR count). The van der Waals surface area contributed by atoms with Crippen LogP contribution in [0.3, 0.4) is 0 Å². The summed E-state index contributed by atoms with van der Waals surface area (Å²) in [5.74, 6) is 0.